The standard InChI is InChI=1S/C36H24N2/c1-3-12-26(13-4-1)37(27-14-5-2-6-15-27)33-20-9-7-16-28(33)25-22-23-35-32(24-25)31-19-11-18-30-29-17-8-10-21-34(29)38(35)36(30)31/h1-24H. The van der Waals surface area contributed by atoms with E-state index in [1.165, 1.54) is 49.2 Å². The van der Waals surface area contributed by atoms with Crippen molar-refractivity contribution in [2.24, 2.45) is 0 Å². The fraction of sp³-hybridized carbons (Fsp3) is 0. The third-order valence-corrected chi connectivity index (χ3v) is 7.71. The van der Waals surface area contributed by atoms with Crippen LogP contribution in [0.2, 0.25) is 0 Å². The van der Waals surface area contributed by atoms with Gasteiger partial charge in [0.2, 0.25) is 0 Å². The van der Waals surface area contributed by atoms with Crippen LogP contribution in [0.5, 0.6) is 0 Å². The fourth-order valence-corrected chi connectivity index (χ4v) is 6.09. The summed E-state index contributed by atoms with van der Waals surface area (Å²) >= 11 is 0. The third-order valence-electron chi connectivity index (χ3n) is 7.71. The Balaban J connectivity index is 1.39. The molecule has 0 aliphatic heterocycles. The number of hydrogen-bond acceptors (Lipinski definition) is 1. The summed E-state index contributed by atoms with van der Waals surface area (Å²) < 4.78 is 2.44. The lowest BCUT2D eigenvalue weighted by Crippen LogP contribution is -2.10. The highest BCUT2D eigenvalue weighted by Crippen LogP contribution is 2.43. The molecule has 178 valence electrons. The van der Waals surface area contributed by atoms with E-state index in [1.807, 2.05) is 0 Å². The molecule has 0 aliphatic carbocycles. The van der Waals surface area contributed by atoms with Gasteiger partial charge in [-0.3, -0.25) is 0 Å². The predicted octanol–water partition coefficient (Wildman–Crippen LogP) is 9.97. The lowest BCUT2D eigenvalue weighted by molar-refractivity contribution is 1.28. The Kier molecular flexibility index (Phi) is 4.55. The minimum Gasteiger partial charge on any atom is -0.310 e. The quantitative estimate of drug-likeness (QED) is 0.241. The van der Waals surface area contributed by atoms with Crippen molar-refractivity contribution in [3.05, 3.63) is 146 Å². The molecule has 0 spiro atoms. The maximum Gasteiger partial charge on any atom is 0.0620 e. The Morgan fingerprint density at radius 2 is 1.00 bits per heavy atom. The molecule has 2 heterocycles. The molecule has 2 nitrogen and oxygen atoms in total. The number of anilines is 3. The topological polar surface area (TPSA) is 7.65 Å². The summed E-state index contributed by atoms with van der Waals surface area (Å²) in [5.41, 5.74) is 9.68. The molecule has 0 N–H and O–H groups in total. The van der Waals surface area contributed by atoms with E-state index < -0.39 is 0 Å². The van der Waals surface area contributed by atoms with Gasteiger partial charge in [-0.15, -0.1) is 0 Å². The molecular formula is C36H24N2. The van der Waals surface area contributed by atoms with Crippen molar-refractivity contribution in [3.8, 4) is 11.1 Å². The summed E-state index contributed by atoms with van der Waals surface area (Å²) in [5.74, 6) is 0. The minimum atomic E-state index is 1.14. The van der Waals surface area contributed by atoms with Crippen molar-refractivity contribution >= 4 is 55.2 Å². The molecule has 6 aromatic carbocycles. The average Bonchev–Trinajstić information content (AvgIpc) is 3.51. The minimum absolute atomic E-state index is 1.14. The average molecular weight is 485 g/mol. The van der Waals surface area contributed by atoms with E-state index in [0.29, 0.717) is 0 Å². The zero-order valence-corrected chi connectivity index (χ0v) is 20.8. The van der Waals surface area contributed by atoms with Crippen LogP contribution in [-0.4, -0.2) is 4.40 Å². The number of benzene rings is 6. The van der Waals surface area contributed by atoms with Crippen molar-refractivity contribution in [3.63, 3.8) is 0 Å². The first-order valence-electron chi connectivity index (χ1n) is 13.0. The van der Waals surface area contributed by atoms with Crippen LogP contribution in [0.3, 0.4) is 0 Å². The van der Waals surface area contributed by atoms with Gasteiger partial charge in [-0.25, -0.2) is 0 Å². The zero-order chi connectivity index (χ0) is 25.1. The fourth-order valence-electron chi connectivity index (χ4n) is 6.09. The highest BCUT2D eigenvalue weighted by molar-refractivity contribution is 6.23. The van der Waals surface area contributed by atoms with Crippen molar-refractivity contribution in [2.75, 3.05) is 4.90 Å². The molecule has 0 fully saturated rings. The first-order valence-corrected chi connectivity index (χ1v) is 13.0. The molecule has 0 amide bonds. The largest absolute Gasteiger partial charge is 0.310 e. The lowest BCUT2D eigenvalue weighted by Gasteiger charge is -2.27. The van der Waals surface area contributed by atoms with Crippen LogP contribution in [0.25, 0.3) is 49.2 Å². The Labute approximate surface area is 221 Å². The molecule has 2 heteroatoms. The van der Waals surface area contributed by atoms with E-state index in [4.69, 9.17) is 0 Å². The Bertz CT molecular complexity index is 2030. The second kappa shape index (κ2) is 8.22. The first kappa shape index (κ1) is 21.0. The Morgan fingerprint density at radius 3 is 1.76 bits per heavy atom. The van der Waals surface area contributed by atoms with Crippen LogP contribution in [0.15, 0.2) is 146 Å². The molecule has 8 rings (SSSR count). The van der Waals surface area contributed by atoms with E-state index in [0.717, 1.165) is 17.1 Å². The smallest absolute Gasteiger partial charge is 0.0620 e. The molecule has 0 saturated heterocycles. The van der Waals surface area contributed by atoms with Crippen LogP contribution in [-0.2, 0) is 0 Å². The summed E-state index contributed by atoms with van der Waals surface area (Å²) in [6, 6.07) is 52.3. The van der Waals surface area contributed by atoms with Crippen LogP contribution >= 0.6 is 0 Å². The highest BCUT2D eigenvalue weighted by atomic mass is 15.1. The normalized spacial score (nSPS) is 11.7. The molecular weight excluding hydrogens is 460 g/mol. The predicted molar refractivity (Wildman–Crippen MR) is 161 cm³/mol. The van der Waals surface area contributed by atoms with E-state index in [-0.39, 0.29) is 0 Å². The number of rotatable bonds is 4. The molecule has 38 heavy (non-hydrogen) atoms. The van der Waals surface area contributed by atoms with Crippen LogP contribution < -0.4 is 4.90 Å². The molecule has 0 radical (unpaired) electrons. The van der Waals surface area contributed by atoms with Gasteiger partial charge >= 0.3 is 0 Å². The van der Waals surface area contributed by atoms with Gasteiger partial charge in [-0.05, 0) is 54.1 Å². The van der Waals surface area contributed by atoms with E-state index >= 15 is 0 Å². The number of hydrogen-bond donors (Lipinski definition) is 0. The van der Waals surface area contributed by atoms with Gasteiger partial charge in [0.25, 0.3) is 0 Å². The van der Waals surface area contributed by atoms with E-state index in [2.05, 4.69) is 155 Å². The van der Waals surface area contributed by atoms with Gasteiger partial charge in [-0.1, -0.05) is 97.1 Å². The van der Waals surface area contributed by atoms with Crippen LogP contribution in [0.1, 0.15) is 0 Å². The molecule has 2 aromatic heterocycles. The molecule has 0 atom stereocenters. The summed E-state index contributed by atoms with van der Waals surface area (Å²) in [5, 5.41) is 5.21. The number of nitrogens with zero attached hydrogens (tertiary/aromatic N) is 2. The van der Waals surface area contributed by atoms with E-state index in [9.17, 15) is 0 Å². The second-order valence-corrected chi connectivity index (χ2v) is 9.81. The summed E-state index contributed by atoms with van der Waals surface area (Å²) in [4.78, 5) is 2.35. The van der Waals surface area contributed by atoms with Crippen LogP contribution in [0, 0.1) is 0 Å². The Hall–Kier alpha value is -5.08. The summed E-state index contributed by atoms with van der Waals surface area (Å²) in [7, 11) is 0. The van der Waals surface area contributed by atoms with Crippen LogP contribution in [0.4, 0.5) is 17.1 Å². The number of para-hydroxylation sites is 5. The SMILES string of the molecule is c1ccc(N(c2ccccc2)c2ccccc2-c2ccc3c(c2)c2cccc4c5ccccc5n3c42)cc1. The van der Waals surface area contributed by atoms with E-state index in [1.54, 1.807) is 0 Å². The molecule has 0 saturated carbocycles. The Morgan fingerprint density at radius 1 is 0.421 bits per heavy atom. The molecule has 0 unspecified atom stereocenters. The van der Waals surface area contributed by atoms with Crippen molar-refractivity contribution in [1.82, 2.24) is 4.40 Å². The maximum absolute atomic E-state index is 2.44. The van der Waals surface area contributed by atoms with Crippen molar-refractivity contribution in [2.45, 2.75) is 0 Å². The lowest BCUT2D eigenvalue weighted by atomic mass is 9.99. The third kappa shape index (κ3) is 3.01. The summed E-state index contributed by atoms with van der Waals surface area (Å²) in [6.45, 7) is 0. The number of fused-ring (bicyclic) bond motifs is 6. The van der Waals surface area contributed by atoms with Gasteiger partial charge in [0.05, 0.1) is 22.2 Å². The second-order valence-electron chi connectivity index (χ2n) is 9.81. The monoisotopic (exact) mass is 484 g/mol. The maximum atomic E-state index is 2.44. The first-order chi connectivity index (χ1) is 18.9. The zero-order valence-electron chi connectivity index (χ0n) is 20.8. The highest BCUT2D eigenvalue weighted by Gasteiger charge is 2.19. The van der Waals surface area contributed by atoms with Crippen molar-refractivity contribution in [1.29, 1.82) is 0 Å². The van der Waals surface area contributed by atoms with Gasteiger partial charge in [-0.2, -0.15) is 0 Å². The van der Waals surface area contributed by atoms with Crippen molar-refractivity contribution < 1.29 is 0 Å². The summed E-state index contributed by atoms with van der Waals surface area (Å²) in [6.07, 6.45) is 0. The molecule has 0 bridgehead atoms. The van der Waals surface area contributed by atoms with Gasteiger partial charge < -0.3 is 9.30 Å². The van der Waals surface area contributed by atoms with Gasteiger partial charge in [0, 0.05) is 38.5 Å². The molecule has 0 aliphatic rings. The van der Waals surface area contributed by atoms with Gasteiger partial charge in [0.15, 0.2) is 0 Å². The van der Waals surface area contributed by atoms with Gasteiger partial charge in [0.1, 0.15) is 0 Å². The number of aromatic nitrogens is 1. The molecule has 8 aromatic rings.